The zero-order chi connectivity index (χ0) is 11.4. The molecule has 1 saturated heterocycles. The van der Waals surface area contributed by atoms with Crippen molar-refractivity contribution in [2.24, 2.45) is 0 Å². The maximum atomic E-state index is 4.22. The van der Waals surface area contributed by atoms with Crippen molar-refractivity contribution in [1.82, 2.24) is 10.3 Å². The summed E-state index contributed by atoms with van der Waals surface area (Å²) in [5.41, 5.74) is 2.63. The van der Waals surface area contributed by atoms with Gasteiger partial charge in [0.2, 0.25) is 0 Å². The highest BCUT2D eigenvalue weighted by Gasteiger charge is 2.19. The number of aryl methyl sites for hydroxylation is 1. The van der Waals surface area contributed by atoms with Crippen molar-refractivity contribution < 1.29 is 0 Å². The zero-order valence-electron chi connectivity index (χ0n) is 10.2. The van der Waals surface area contributed by atoms with E-state index < -0.39 is 0 Å². The van der Waals surface area contributed by atoms with Crippen molar-refractivity contribution in [3.05, 3.63) is 24.0 Å². The summed E-state index contributed by atoms with van der Waals surface area (Å²) in [5.74, 6) is 0. The third-order valence-electron chi connectivity index (χ3n) is 3.34. The van der Waals surface area contributed by atoms with Crippen molar-refractivity contribution in [2.45, 2.75) is 32.7 Å². The maximum absolute atomic E-state index is 4.22. The lowest BCUT2D eigenvalue weighted by Gasteiger charge is -2.34. The minimum Gasteiger partial charge on any atom is -0.370 e. The predicted molar refractivity (Wildman–Crippen MR) is 67.9 cm³/mol. The van der Waals surface area contributed by atoms with Crippen LogP contribution < -0.4 is 10.2 Å². The molecule has 2 heterocycles. The van der Waals surface area contributed by atoms with Crippen LogP contribution in [0.5, 0.6) is 0 Å². The molecule has 0 radical (unpaired) electrons. The largest absolute Gasteiger partial charge is 0.370 e. The van der Waals surface area contributed by atoms with E-state index in [0.717, 1.165) is 19.6 Å². The lowest BCUT2D eigenvalue weighted by Crippen LogP contribution is -2.42. The molecule has 88 valence electrons. The quantitative estimate of drug-likeness (QED) is 0.842. The molecule has 0 aromatic carbocycles. The molecule has 1 aromatic rings. The molecular weight excluding hydrogens is 198 g/mol. The molecule has 0 atom stereocenters. The SMILES string of the molecule is CCNC1CCN(c2cnccc2C)CC1. The van der Waals surface area contributed by atoms with E-state index >= 15 is 0 Å². The van der Waals surface area contributed by atoms with Gasteiger partial charge in [-0.1, -0.05) is 6.92 Å². The Balaban J connectivity index is 1.96. The molecule has 0 aliphatic carbocycles. The van der Waals surface area contributed by atoms with Gasteiger partial charge in [0.15, 0.2) is 0 Å². The van der Waals surface area contributed by atoms with Crippen molar-refractivity contribution in [2.75, 3.05) is 24.5 Å². The van der Waals surface area contributed by atoms with E-state index in [4.69, 9.17) is 0 Å². The zero-order valence-corrected chi connectivity index (χ0v) is 10.2. The molecule has 3 nitrogen and oxygen atoms in total. The number of pyridine rings is 1. The molecule has 0 unspecified atom stereocenters. The molecule has 1 fully saturated rings. The summed E-state index contributed by atoms with van der Waals surface area (Å²) >= 11 is 0. The summed E-state index contributed by atoms with van der Waals surface area (Å²) in [7, 11) is 0. The average Bonchev–Trinajstić information content (AvgIpc) is 2.31. The van der Waals surface area contributed by atoms with Gasteiger partial charge in [0.25, 0.3) is 0 Å². The number of anilines is 1. The summed E-state index contributed by atoms with van der Waals surface area (Å²) < 4.78 is 0. The first-order valence-corrected chi connectivity index (χ1v) is 6.20. The molecule has 0 bridgehead atoms. The van der Waals surface area contributed by atoms with E-state index in [2.05, 4.69) is 35.1 Å². The molecule has 1 aromatic heterocycles. The molecule has 1 aliphatic rings. The van der Waals surface area contributed by atoms with Gasteiger partial charge in [-0.15, -0.1) is 0 Å². The van der Waals surface area contributed by atoms with Gasteiger partial charge in [0.05, 0.1) is 11.9 Å². The number of nitrogens with one attached hydrogen (secondary N) is 1. The Morgan fingerprint density at radius 1 is 1.44 bits per heavy atom. The molecule has 0 saturated carbocycles. The van der Waals surface area contributed by atoms with Crippen molar-refractivity contribution in [1.29, 1.82) is 0 Å². The lowest BCUT2D eigenvalue weighted by atomic mass is 10.0. The van der Waals surface area contributed by atoms with Crippen molar-refractivity contribution >= 4 is 5.69 Å². The second kappa shape index (κ2) is 5.30. The Hall–Kier alpha value is -1.09. The van der Waals surface area contributed by atoms with Crippen LogP contribution in [0.2, 0.25) is 0 Å². The van der Waals surface area contributed by atoms with Crippen LogP contribution >= 0.6 is 0 Å². The number of piperidine rings is 1. The summed E-state index contributed by atoms with van der Waals surface area (Å²) in [6, 6.07) is 2.80. The molecule has 0 spiro atoms. The van der Waals surface area contributed by atoms with E-state index in [-0.39, 0.29) is 0 Å². The third-order valence-corrected chi connectivity index (χ3v) is 3.34. The highest BCUT2D eigenvalue weighted by molar-refractivity contribution is 5.51. The number of hydrogen-bond acceptors (Lipinski definition) is 3. The minimum absolute atomic E-state index is 0.707. The Bertz CT molecular complexity index is 330. The van der Waals surface area contributed by atoms with E-state index in [1.807, 2.05) is 12.4 Å². The third kappa shape index (κ3) is 2.53. The van der Waals surface area contributed by atoms with Crippen LogP contribution in [0.25, 0.3) is 0 Å². The van der Waals surface area contributed by atoms with E-state index in [9.17, 15) is 0 Å². The van der Waals surface area contributed by atoms with E-state index in [1.54, 1.807) is 0 Å². The Kier molecular flexibility index (Phi) is 3.78. The molecule has 0 amide bonds. The van der Waals surface area contributed by atoms with Crippen LogP contribution in [0.4, 0.5) is 5.69 Å². The first-order chi connectivity index (χ1) is 7.81. The van der Waals surface area contributed by atoms with Gasteiger partial charge in [0, 0.05) is 25.3 Å². The second-order valence-electron chi connectivity index (χ2n) is 4.48. The average molecular weight is 219 g/mol. The number of aromatic nitrogens is 1. The number of rotatable bonds is 3. The number of nitrogens with zero attached hydrogens (tertiary/aromatic N) is 2. The van der Waals surface area contributed by atoms with Gasteiger partial charge in [0.1, 0.15) is 0 Å². The van der Waals surface area contributed by atoms with Crippen LogP contribution in [0, 0.1) is 6.92 Å². The second-order valence-corrected chi connectivity index (χ2v) is 4.48. The van der Waals surface area contributed by atoms with Gasteiger partial charge >= 0.3 is 0 Å². The Morgan fingerprint density at radius 2 is 2.19 bits per heavy atom. The van der Waals surface area contributed by atoms with E-state index in [1.165, 1.54) is 24.1 Å². The van der Waals surface area contributed by atoms with Crippen molar-refractivity contribution in [3.63, 3.8) is 0 Å². The fourth-order valence-corrected chi connectivity index (χ4v) is 2.40. The van der Waals surface area contributed by atoms with E-state index in [0.29, 0.717) is 6.04 Å². The fourth-order valence-electron chi connectivity index (χ4n) is 2.40. The first-order valence-electron chi connectivity index (χ1n) is 6.20. The van der Waals surface area contributed by atoms with Crippen LogP contribution in [-0.4, -0.2) is 30.7 Å². The topological polar surface area (TPSA) is 28.2 Å². The maximum Gasteiger partial charge on any atom is 0.0582 e. The molecule has 1 aliphatic heterocycles. The summed E-state index contributed by atoms with van der Waals surface area (Å²) in [4.78, 5) is 6.67. The lowest BCUT2D eigenvalue weighted by molar-refractivity contribution is 0.423. The van der Waals surface area contributed by atoms with Gasteiger partial charge < -0.3 is 10.2 Å². The van der Waals surface area contributed by atoms with Crippen LogP contribution in [0.15, 0.2) is 18.5 Å². The summed E-state index contributed by atoms with van der Waals surface area (Å²) in [6.45, 7) is 7.70. The van der Waals surface area contributed by atoms with Gasteiger partial charge in [-0.2, -0.15) is 0 Å². The van der Waals surface area contributed by atoms with Crippen molar-refractivity contribution in [3.8, 4) is 0 Å². The fraction of sp³-hybridized carbons (Fsp3) is 0.615. The molecule has 16 heavy (non-hydrogen) atoms. The highest BCUT2D eigenvalue weighted by atomic mass is 15.2. The van der Waals surface area contributed by atoms with Gasteiger partial charge in [-0.25, -0.2) is 0 Å². The van der Waals surface area contributed by atoms with Gasteiger partial charge in [-0.05, 0) is 37.9 Å². The molecule has 3 heteroatoms. The molecular formula is C13H21N3. The van der Waals surface area contributed by atoms with Crippen LogP contribution in [-0.2, 0) is 0 Å². The monoisotopic (exact) mass is 219 g/mol. The Morgan fingerprint density at radius 3 is 2.81 bits per heavy atom. The normalized spacial score (nSPS) is 17.8. The smallest absolute Gasteiger partial charge is 0.0582 e. The van der Waals surface area contributed by atoms with Crippen LogP contribution in [0.1, 0.15) is 25.3 Å². The summed E-state index contributed by atoms with van der Waals surface area (Å²) in [5, 5.41) is 3.53. The van der Waals surface area contributed by atoms with Gasteiger partial charge in [-0.3, -0.25) is 4.98 Å². The Labute approximate surface area is 97.9 Å². The predicted octanol–water partition coefficient (Wildman–Crippen LogP) is 1.97. The highest BCUT2D eigenvalue weighted by Crippen LogP contribution is 2.22. The summed E-state index contributed by atoms with van der Waals surface area (Å²) in [6.07, 6.45) is 6.33. The standard InChI is InChI=1S/C13H21N3/c1-3-15-12-5-8-16(9-6-12)13-10-14-7-4-11(13)2/h4,7,10,12,15H,3,5-6,8-9H2,1-2H3. The molecule has 1 N–H and O–H groups in total. The molecule has 2 rings (SSSR count). The first kappa shape index (κ1) is 11.4. The number of hydrogen-bond donors (Lipinski definition) is 1. The minimum atomic E-state index is 0.707. The van der Waals surface area contributed by atoms with Crippen LogP contribution in [0.3, 0.4) is 0 Å².